The standard InChI is InChI=1S/C24H28O10/c1-11(2)14-6-16-15(10-25)7-17(32-16)20(31-13(4)27)23(5,29)9-18-21-24(34-21,22(28)33-18)19(8-14)30-12(3)26/h7,10,14,18-21,29H,1,6,8-9H2,2-5H3/t14-,18-,19+,20-,21-,23+,24-/m1/s1. The van der Waals surface area contributed by atoms with Crippen LogP contribution < -0.4 is 0 Å². The number of carbonyl (C=O) groups is 4. The molecule has 2 saturated heterocycles. The van der Waals surface area contributed by atoms with Crippen LogP contribution in [0.1, 0.15) is 68.5 Å². The zero-order chi connectivity index (χ0) is 25.0. The molecule has 4 bridgehead atoms. The Balaban J connectivity index is 1.83. The van der Waals surface area contributed by atoms with Crippen molar-refractivity contribution in [1.29, 1.82) is 0 Å². The van der Waals surface area contributed by atoms with E-state index in [1.54, 1.807) is 6.92 Å². The summed E-state index contributed by atoms with van der Waals surface area (Å²) in [7, 11) is 0. The number of fused-ring (bicyclic) bond motifs is 2. The first-order chi connectivity index (χ1) is 15.9. The Labute approximate surface area is 196 Å². The Morgan fingerprint density at radius 1 is 1.24 bits per heavy atom. The van der Waals surface area contributed by atoms with E-state index in [9.17, 15) is 24.3 Å². The molecule has 2 fully saturated rings. The highest BCUT2D eigenvalue weighted by Crippen LogP contribution is 2.54. The third-order valence-corrected chi connectivity index (χ3v) is 6.73. The lowest BCUT2D eigenvalue weighted by molar-refractivity contribution is -0.177. The summed E-state index contributed by atoms with van der Waals surface area (Å²) in [5.74, 6) is -1.93. The van der Waals surface area contributed by atoms with Crippen molar-refractivity contribution in [3.8, 4) is 0 Å². The topological polar surface area (TPSA) is 142 Å². The van der Waals surface area contributed by atoms with Crippen molar-refractivity contribution in [2.75, 3.05) is 0 Å². The number of allylic oxidation sites excluding steroid dienone is 1. The number of furan rings is 1. The fourth-order valence-electron chi connectivity index (χ4n) is 5.00. The molecule has 1 aromatic rings. The van der Waals surface area contributed by atoms with Gasteiger partial charge in [-0.25, -0.2) is 4.79 Å². The Kier molecular flexibility index (Phi) is 5.93. The highest BCUT2D eigenvalue weighted by Gasteiger charge is 2.78. The second kappa shape index (κ2) is 8.35. The minimum atomic E-state index is -1.76. The number of aldehydes is 1. The first kappa shape index (κ1) is 24.2. The van der Waals surface area contributed by atoms with Gasteiger partial charge in [0.2, 0.25) is 5.60 Å². The van der Waals surface area contributed by atoms with E-state index < -0.39 is 53.5 Å². The number of hydrogen-bond acceptors (Lipinski definition) is 10. The van der Waals surface area contributed by atoms with E-state index in [1.165, 1.54) is 26.8 Å². The molecule has 0 aliphatic carbocycles. The first-order valence-electron chi connectivity index (χ1n) is 11.1. The predicted octanol–water partition coefficient (Wildman–Crippen LogP) is 1.97. The quantitative estimate of drug-likeness (QED) is 0.225. The van der Waals surface area contributed by atoms with Crippen molar-refractivity contribution in [3.05, 3.63) is 35.3 Å². The van der Waals surface area contributed by atoms with Crippen molar-refractivity contribution < 1.29 is 47.6 Å². The monoisotopic (exact) mass is 476 g/mol. The van der Waals surface area contributed by atoms with Crippen LogP contribution in [0.15, 0.2) is 22.6 Å². The van der Waals surface area contributed by atoms with Crippen LogP contribution in [0, 0.1) is 5.92 Å². The highest BCUT2D eigenvalue weighted by molar-refractivity contribution is 5.88. The molecule has 0 amide bonds. The fourth-order valence-corrected chi connectivity index (χ4v) is 5.00. The van der Waals surface area contributed by atoms with Crippen LogP contribution >= 0.6 is 0 Å². The Morgan fingerprint density at radius 2 is 1.91 bits per heavy atom. The molecular formula is C24H28O10. The van der Waals surface area contributed by atoms with Crippen LogP contribution in [-0.2, 0) is 39.8 Å². The van der Waals surface area contributed by atoms with Gasteiger partial charge in [-0.15, -0.1) is 0 Å². The third kappa shape index (κ3) is 4.05. The van der Waals surface area contributed by atoms with E-state index in [2.05, 4.69) is 6.58 Å². The zero-order valence-corrected chi connectivity index (χ0v) is 19.5. The molecular weight excluding hydrogens is 448 g/mol. The molecule has 0 spiro atoms. The Hall–Kier alpha value is -2.98. The maximum Gasteiger partial charge on any atom is 0.345 e. The van der Waals surface area contributed by atoms with Crippen molar-refractivity contribution in [3.63, 3.8) is 0 Å². The van der Waals surface area contributed by atoms with Crippen molar-refractivity contribution in [1.82, 2.24) is 0 Å². The van der Waals surface area contributed by atoms with Crippen molar-refractivity contribution in [2.45, 2.75) is 82.6 Å². The highest BCUT2D eigenvalue weighted by atomic mass is 16.7. The molecule has 0 unspecified atom stereocenters. The van der Waals surface area contributed by atoms with Crippen LogP contribution in [-0.4, -0.2) is 58.8 Å². The number of rotatable bonds is 4. The predicted molar refractivity (Wildman–Crippen MR) is 114 cm³/mol. The number of aliphatic hydroxyl groups is 1. The molecule has 0 saturated carbocycles. The van der Waals surface area contributed by atoms with Gasteiger partial charge in [-0.2, -0.15) is 0 Å². The SMILES string of the molecule is C=C(C)[C@@H]1Cc2oc(cc2C=O)[C@@H](OC(C)=O)[C@@](C)(O)C[C@H]2OC(=O)[C@@]3(O[C@H]23)[C@@H](OC(C)=O)C1. The smallest absolute Gasteiger partial charge is 0.345 e. The minimum absolute atomic E-state index is 0.0841. The lowest BCUT2D eigenvalue weighted by Gasteiger charge is -2.32. The largest absolute Gasteiger partial charge is 0.461 e. The molecule has 1 aromatic heterocycles. The number of ether oxygens (including phenoxy) is 4. The molecule has 10 heteroatoms. The van der Waals surface area contributed by atoms with Gasteiger partial charge in [0.15, 0.2) is 12.4 Å². The van der Waals surface area contributed by atoms with Crippen molar-refractivity contribution >= 4 is 24.2 Å². The van der Waals surface area contributed by atoms with Gasteiger partial charge in [-0.05, 0) is 32.3 Å². The van der Waals surface area contributed by atoms with Crippen LogP contribution in [0.3, 0.4) is 0 Å². The Bertz CT molecular complexity index is 1050. The molecule has 0 aromatic carbocycles. The molecule has 3 aliphatic rings. The maximum absolute atomic E-state index is 12.9. The molecule has 4 rings (SSSR count). The van der Waals surface area contributed by atoms with Gasteiger partial charge >= 0.3 is 17.9 Å². The summed E-state index contributed by atoms with van der Waals surface area (Å²) in [6.45, 7) is 9.64. The van der Waals surface area contributed by atoms with Crippen molar-refractivity contribution in [2.24, 2.45) is 5.92 Å². The second-order valence-corrected chi connectivity index (χ2v) is 9.55. The zero-order valence-electron chi connectivity index (χ0n) is 19.5. The molecule has 34 heavy (non-hydrogen) atoms. The van der Waals surface area contributed by atoms with E-state index in [0.717, 1.165) is 0 Å². The summed E-state index contributed by atoms with van der Waals surface area (Å²) >= 11 is 0. The van der Waals surface area contributed by atoms with E-state index in [1.807, 2.05) is 0 Å². The number of esters is 3. The molecule has 184 valence electrons. The average Bonchev–Trinajstić information content (AvgIpc) is 3.27. The molecule has 10 nitrogen and oxygen atoms in total. The van der Waals surface area contributed by atoms with E-state index in [4.69, 9.17) is 23.4 Å². The maximum atomic E-state index is 12.9. The van der Waals surface area contributed by atoms with Gasteiger partial charge in [-0.1, -0.05) is 12.2 Å². The van der Waals surface area contributed by atoms with Crippen LogP contribution in [0.25, 0.3) is 0 Å². The van der Waals surface area contributed by atoms with Gasteiger partial charge in [0.05, 0.1) is 5.56 Å². The molecule has 7 atom stereocenters. The molecule has 1 N–H and O–H groups in total. The van der Waals surface area contributed by atoms with Crippen LogP contribution in [0.5, 0.6) is 0 Å². The molecule has 0 radical (unpaired) electrons. The second-order valence-electron chi connectivity index (χ2n) is 9.55. The van der Waals surface area contributed by atoms with Gasteiger partial charge in [0.1, 0.15) is 35.4 Å². The number of hydrogen-bond donors (Lipinski definition) is 1. The fraction of sp³-hybridized carbons (Fsp3) is 0.583. The van der Waals surface area contributed by atoms with Crippen LogP contribution in [0.4, 0.5) is 0 Å². The van der Waals surface area contributed by atoms with Gasteiger partial charge < -0.3 is 28.5 Å². The summed E-state index contributed by atoms with van der Waals surface area (Å²) in [4.78, 5) is 48.5. The normalized spacial score (nSPS) is 36.6. The van der Waals surface area contributed by atoms with E-state index in [-0.39, 0.29) is 36.5 Å². The summed E-state index contributed by atoms with van der Waals surface area (Å²) in [6.07, 6.45) is -3.08. The molecule has 3 aliphatic heterocycles. The summed E-state index contributed by atoms with van der Waals surface area (Å²) in [6, 6.07) is 1.42. The van der Waals surface area contributed by atoms with Gasteiger partial charge in [0.25, 0.3) is 0 Å². The lowest BCUT2D eigenvalue weighted by atomic mass is 9.83. The molecule has 4 heterocycles. The van der Waals surface area contributed by atoms with E-state index >= 15 is 0 Å². The van der Waals surface area contributed by atoms with E-state index in [0.29, 0.717) is 17.6 Å². The van der Waals surface area contributed by atoms with Gasteiger partial charge in [-0.3, -0.25) is 14.4 Å². The Morgan fingerprint density at radius 3 is 2.47 bits per heavy atom. The third-order valence-electron chi connectivity index (χ3n) is 6.73. The summed E-state index contributed by atoms with van der Waals surface area (Å²) < 4.78 is 28.2. The van der Waals surface area contributed by atoms with Gasteiger partial charge in [0, 0.05) is 26.7 Å². The van der Waals surface area contributed by atoms with Crippen LogP contribution in [0.2, 0.25) is 0 Å². The summed E-state index contributed by atoms with van der Waals surface area (Å²) in [5.41, 5.74) is -2.31. The average molecular weight is 476 g/mol. The first-order valence-corrected chi connectivity index (χ1v) is 11.1. The number of epoxide rings is 1. The summed E-state index contributed by atoms with van der Waals surface area (Å²) in [5, 5.41) is 11.4. The number of carbonyl (C=O) groups excluding carboxylic acids is 4. The minimum Gasteiger partial charge on any atom is -0.461 e. The lowest BCUT2D eigenvalue weighted by Crippen LogP contribution is -2.42.